The SMILES string of the molecule is Cc1cccn2cc(CNC(=O)C3(O)CCCC3)nc12. The Balaban J connectivity index is 1.71. The molecule has 0 aromatic carbocycles. The third-order valence-electron chi connectivity index (χ3n) is 4.01. The zero-order chi connectivity index (χ0) is 14.2. The van der Waals surface area contributed by atoms with Crippen LogP contribution in [0.1, 0.15) is 36.9 Å². The minimum atomic E-state index is -1.17. The van der Waals surface area contributed by atoms with Gasteiger partial charge in [-0.2, -0.15) is 0 Å². The molecule has 0 spiro atoms. The van der Waals surface area contributed by atoms with Gasteiger partial charge in [0, 0.05) is 12.4 Å². The monoisotopic (exact) mass is 273 g/mol. The number of hydrogen-bond donors (Lipinski definition) is 2. The number of nitrogens with one attached hydrogen (secondary N) is 1. The lowest BCUT2D eigenvalue weighted by Gasteiger charge is -2.20. The van der Waals surface area contributed by atoms with Crippen LogP contribution in [0, 0.1) is 6.92 Å². The number of imidazole rings is 1. The Morgan fingerprint density at radius 1 is 1.50 bits per heavy atom. The fraction of sp³-hybridized carbons (Fsp3) is 0.467. The van der Waals surface area contributed by atoms with Gasteiger partial charge in [-0.15, -0.1) is 0 Å². The Kier molecular flexibility index (Phi) is 3.22. The van der Waals surface area contributed by atoms with Gasteiger partial charge < -0.3 is 14.8 Å². The first-order valence-corrected chi connectivity index (χ1v) is 7.02. The summed E-state index contributed by atoms with van der Waals surface area (Å²) in [5.41, 5.74) is 1.62. The fourth-order valence-electron chi connectivity index (χ4n) is 2.81. The lowest BCUT2D eigenvalue weighted by molar-refractivity contribution is -0.139. The molecule has 1 amide bonds. The number of fused-ring (bicyclic) bond motifs is 1. The number of nitrogens with zero attached hydrogens (tertiary/aromatic N) is 2. The normalized spacial score (nSPS) is 17.5. The summed E-state index contributed by atoms with van der Waals surface area (Å²) in [6.45, 7) is 2.36. The molecule has 2 aromatic heterocycles. The predicted octanol–water partition coefficient (Wildman–Crippen LogP) is 1.56. The predicted molar refractivity (Wildman–Crippen MR) is 75.2 cm³/mol. The van der Waals surface area contributed by atoms with Crippen LogP contribution in [-0.4, -0.2) is 26.0 Å². The van der Waals surface area contributed by atoms with Gasteiger partial charge >= 0.3 is 0 Å². The van der Waals surface area contributed by atoms with Crippen molar-refractivity contribution in [1.82, 2.24) is 14.7 Å². The maximum atomic E-state index is 12.0. The van der Waals surface area contributed by atoms with Crippen molar-refractivity contribution in [2.24, 2.45) is 0 Å². The molecule has 0 aliphatic heterocycles. The minimum Gasteiger partial charge on any atom is -0.380 e. The van der Waals surface area contributed by atoms with Crippen LogP contribution in [0.15, 0.2) is 24.5 Å². The van der Waals surface area contributed by atoms with E-state index in [2.05, 4.69) is 10.3 Å². The molecule has 1 saturated carbocycles. The molecule has 3 rings (SSSR count). The van der Waals surface area contributed by atoms with E-state index in [0.29, 0.717) is 19.4 Å². The van der Waals surface area contributed by atoms with E-state index in [1.54, 1.807) is 0 Å². The molecular formula is C15H19N3O2. The molecule has 0 atom stereocenters. The Morgan fingerprint density at radius 3 is 2.95 bits per heavy atom. The summed E-state index contributed by atoms with van der Waals surface area (Å²) >= 11 is 0. The topological polar surface area (TPSA) is 66.6 Å². The minimum absolute atomic E-state index is 0.274. The molecule has 0 saturated heterocycles. The highest BCUT2D eigenvalue weighted by molar-refractivity contribution is 5.85. The first-order valence-electron chi connectivity index (χ1n) is 7.02. The van der Waals surface area contributed by atoms with Crippen LogP contribution < -0.4 is 5.32 Å². The molecule has 2 aromatic rings. The third-order valence-corrected chi connectivity index (χ3v) is 4.01. The van der Waals surface area contributed by atoms with Gasteiger partial charge in [0.2, 0.25) is 0 Å². The first-order chi connectivity index (χ1) is 9.58. The molecule has 20 heavy (non-hydrogen) atoms. The summed E-state index contributed by atoms with van der Waals surface area (Å²) < 4.78 is 1.95. The molecular weight excluding hydrogens is 254 g/mol. The van der Waals surface area contributed by atoms with Crippen LogP contribution >= 0.6 is 0 Å². The van der Waals surface area contributed by atoms with E-state index < -0.39 is 5.60 Å². The Hall–Kier alpha value is -1.88. The van der Waals surface area contributed by atoms with Crippen molar-refractivity contribution in [3.8, 4) is 0 Å². The summed E-state index contributed by atoms with van der Waals surface area (Å²) in [4.78, 5) is 16.5. The molecule has 0 radical (unpaired) electrons. The molecule has 0 unspecified atom stereocenters. The number of carbonyl (C=O) groups excluding carboxylic acids is 1. The molecule has 106 valence electrons. The smallest absolute Gasteiger partial charge is 0.252 e. The van der Waals surface area contributed by atoms with E-state index in [1.807, 2.05) is 35.9 Å². The van der Waals surface area contributed by atoms with Gasteiger partial charge in [0.1, 0.15) is 11.2 Å². The summed E-state index contributed by atoms with van der Waals surface area (Å²) in [5, 5.41) is 13.0. The van der Waals surface area contributed by atoms with Gasteiger partial charge in [-0.1, -0.05) is 6.07 Å². The van der Waals surface area contributed by atoms with Crippen LogP contribution in [0.5, 0.6) is 0 Å². The Morgan fingerprint density at radius 2 is 2.25 bits per heavy atom. The van der Waals surface area contributed by atoms with Crippen LogP contribution in [0.4, 0.5) is 0 Å². The first kappa shape index (κ1) is 13.1. The van der Waals surface area contributed by atoms with Crippen molar-refractivity contribution in [2.45, 2.75) is 44.8 Å². The zero-order valence-corrected chi connectivity index (χ0v) is 11.6. The van der Waals surface area contributed by atoms with Gasteiger partial charge in [-0.05, 0) is 44.2 Å². The molecule has 1 aliphatic carbocycles. The van der Waals surface area contributed by atoms with Crippen molar-refractivity contribution in [2.75, 3.05) is 0 Å². The molecule has 0 bridgehead atoms. The van der Waals surface area contributed by atoms with Crippen LogP contribution in [-0.2, 0) is 11.3 Å². The second-order valence-corrected chi connectivity index (χ2v) is 5.58. The van der Waals surface area contributed by atoms with Crippen LogP contribution in [0.2, 0.25) is 0 Å². The number of aliphatic hydroxyl groups is 1. The average Bonchev–Trinajstić information content (AvgIpc) is 3.04. The maximum absolute atomic E-state index is 12.0. The summed E-state index contributed by atoms with van der Waals surface area (Å²) in [6, 6.07) is 3.97. The number of hydrogen-bond acceptors (Lipinski definition) is 3. The summed E-state index contributed by atoms with van der Waals surface area (Å²) in [6.07, 6.45) is 6.79. The number of aromatic nitrogens is 2. The Labute approximate surface area is 117 Å². The molecule has 2 N–H and O–H groups in total. The van der Waals surface area contributed by atoms with E-state index in [9.17, 15) is 9.90 Å². The van der Waals surface area contributed by atoms with Gasteiger partial charge in [-0.25, -0.2) is 4.98 Å². The number of aryl methyl sites for hydroxylation is 1. The van der Waals surface area contributed by atoms with E-state index in [1.165, 1.54) is 0 Å². The molecule has 5 nitrogen and oxygen atoms in total. The third kappa shape index (κ3) is 2.29. The highest BCUT2D eigenvalue weighted by Gasteiger charge is 2.38. The second-order valence-electron chi connectivity index (χ2n) is 5.58. The maximum Gasteiger partial charge on any atom is 0.252 e. The Bertz CT molecular complexity index is 642. The van der Waals surface area contributed by atoms with Crippen LogP contribution in [0.25, 0.3) is 5.65 Å². The number of pyridine rings is 1. The molecule has 5 heteroatoms. The average molecular weight is 273 g/mol. The van der Waals surface area contributed by atoms with E-state index in [4.69, 9.17) is 0 Å². The van der Waals surface area contributed by atoms with E-state index in [-0.39, 0.29) is 5.91 Å². The van der Waals surface area contributed by atoms with E-state index in [0.717, 1.165) is 29.7 Å². The van der Waals surface area contributed by atoms with Gasteiger partial charge in [0.15, 0.2) is 0 Å². The number of rotatable bonds is 3. The van der Waals surface area contributed by atoms with Crippen molar-refractivity contribution in [3.05, 3.63) is 35.8 Å². The standard InChI is InChI=1S/C15H19N3O2/c1-11-5-4-8-18-10-12(17-13(11)18)9-16-14(19)15(20)6-2-3-7-15/h4-5,8,10,20H,2-3,6-7,9H2,1H3,(H,16,19). The van der Waals surface area contributed by atoms with Crippen molar-refractivity contribution < 1.29 is 9.90 Å². The molecule has 1 aliphatic rings. The van der Waals surface area contributed by atoms with Gasteiger partial charge in [0.25, 0.3) is 5.91 Å². The van der Waals surface area contributed by atoms with Crippen molar-refractivity contribution in [1.29, 1.82) is 0 Å². The van der Waals surface area contributed by atoms with E-state index >= 15 is 0 Å². The largest absolute Gasteiger partial charge is 0.380 e. The fourth-order valence-corrected chi connectivity index (χ4v) is 2.81. The lowest BCUT2D eigenvalue weighted by Crippen LogP contribution is -2.44. The highest BCUT2D eigenvalue weighted by Crippen LogP contribution is 2.29. The number of amides is 1. The highest BCUT2D eigenvalue weighted by atomic mass is 16.3. The second kappa shape index (κ2) is 4.90. The lowest BCUT2D eigenvalue weighted by atomic mass is 10.0. The molecule has 2 heterocycles. The van der Waals surface area contributed by atoms with Crippen molar-refractivity contribution in [3.63, 3.8) is 0 Å². The molecule has 1 fully saturated rings. The summed E-state index contributed by atoms with van der Waals surface area (Å²) in [7, 11) is 0. The number of carbonyl (C=O) groups is 1. The van der Waals surface area contributed by atoms with Crippen LogP contribution in [0.3, 0.4) is 0 Å². The zero-order valence-electron chi connectivity index (χ0n) is 11.6. The van der Waals surface area contributed by atoms with Gasteiger partial charge in [0.05, 0.1) is 12.2 Å². The van der Waals surface area contributed by atoms with Gasteiger partial charge in [-0.3, -0.25) is 4.79 Å². The quantitative estimate of drug-likeness (QED) is 0.892. The van der Waals surface area contributed by atoms with Crippen molar-refractivity contribution >= 4 is 11.6 Å². The summed E-state index contributed by atoms with van der Waals surface area (Å²) in [5.74, 6) is -0.274.